The quantitative estimate of drug-likeness (QED) is 0.168. The maximum atomic E-state index is 5.29. The first-order valence-corrected chi connectivity index (χ1v) is 21.1. The third kappa shape index (κ3) is 5.65. The minimum absolute atomic E-state index is 0.548. The molecule has 10 aromatic rings. The summed E-state index contributed by atoms with van der Waals surface area (Å²) in [7, 11) is 0. The number of fused-ring (bicyclic) bond motifs is 9. The summed E-state index contributed by atoms with van der Waals surface area (Å²) in [6.07, 6.45) is 0. The third-order valence-electron chi connectivity index (χ3n) is 12.5. The molecule has 0 bridgehead atoms. The maximum Gasteiger partial charge on any atom is 0.164 e. The molecule has 0 atom stereocenters. The SMILES string of the molecule is c1ccc(-c2cccc(-c3nc(-c4cccc(-c5ccccc5)c4)nc(-c4ccc5c(c4)-c4ccccc4C54c5ccccc5N(c5ccccc5)c5ccccc54)n3)c2)cc1. The Labute approximate surface area is 361 Å². The number of para-hydroxylation sites is 3. The van der Waals surface area contributed by atoms with Crippen molar-refractivity contribution in [2.45, 2.75) is 5.41 Å². The zero-order chi connectivity index (χ0) is 41.0. The highest BCUT2D eigenvalue weighted by Gasteiger charge is 2.51. The van der Waals surface area contributed by atoms with Crippen LogP contribution in [0.1, 0.15) is 22.3 Å². The molecule has 62 heavy (non-hydrogen) atoms. The van der Waals surface area contributed by atoms with E-state index in [2.05, 4.69) is 223 Å². The van der Waals surface area contributed by atoms with Gasteiger partial charge < -0.3 is 4.90 Å². The van der Waals surface area contributed by atoms with Gasteiger partial charge in [-0.2, -0.15) is 0 Å². The minimum atomic E-state index is -0.548. The van der Waals surface area contributed by atoms with Crippen LogP contribution in [0.2, 0.25) is 0 Å². The van der Waals surface area contributed by atoms with Gasteiger partial charge in [-0.25, -0.2) is 15.0 Å². The molecule has 0 unspecified atom stereocenters. The Hall–Kier alpha value is -8.21. The first kappa shape index (κ1) is 35.7. The van der Waals surface area contributed by atoms with Gasteiger partial charge in [-0.15, -0.1) is 0 Å². The van der Waals surface area contributed by atoms with Gasteiger partial charge in [-0.05, 0) is 98.1 Å². The van der Waals surface area contributed by atoms with Gasteiger partial charge >= 0.3 is 0 Å². The Morgan fingerprint density at radius 2 is 0.677 bits per heavy atom. The molecule has 1 spiro atoms. The third-order valence-corrected chi connectivity index (χ3v) is 12.5. The van der Waals surface area contributed by atoms with Crippen molar-refractivity contribution < 1.29 is 0 Å². The van der Waals surface area contributed by atoms with Crippen LogP contribution >= 0.6 is 0 Å². The average Bonchev–Trinajstić information content (AvgIpc) is 3.65. The highest BCUT2D eigenvalue weighted by molar-refractivity contribution is 5.96. The van der Waals surface area contributed by atoms with Crippen LogP contribution in [0.3, 0.4) is 0 Å². The van der Waals surface area contributed by atoms with Gasteiger partial charge in [-0.1, -0.05) is 188 Å². The van der Waals surface area contributed by atoms with Crippen molar-refractivity contribution in [1.82, 2.24) is 15.0 Å². The largest absolute Gasteiger partial charge is 0.310 e. The van der Waals surface area contributed by atoms with Crippen molar-refractivity contribution in [3.8, 4) is 67.5 Å². The van der Waals surface area contributed by atoms with Crippen LogP contribution < -0.4 is 4.90 Å². The number of hydrogen-bond acceptors (Lipinski definition) is 4. The number of anilines is 3. The summed E-state index contributed by atoms with van der Waals surface area (Å²) < 4.78 is 0. The molecule has 0 amide bonds. The molecule has 4 heteroatoms. The van der Waals surface area contributed by atoms with E-state index in [1.165, 1.54) is 44.8 Å². The number of rotatable bonds is 6. The van der Waals surface area contributed by atoms with Crippen molar-refractivity contribution in [2.24, 2.45) is 0 Å². The second kappa shape index (κ2) is 14.5. The standard InChI is InChI=1S/C58H38N4/c1-4-18-39(19-5-1)41-22-16-24-43(36-41)55-59-56(44-25-17-23-42(37-44)40-20-6-2-7-21-40)61-57(60-55)45-34-35-50-48(38-45)47-28-10-11-29-49(47)58(50)51-30-12-14-32-53(51)62(46-26-8-3-9-27-46)54-33-15-13-31-52(54)58/h1-38H. The van der Waals surface area contributed by atoms with Gasteiger partial charge in [-0.3, -0.25) is 0 Å². The van der Waals surface area contributed by atoms with E-state index < -0.39 is 5.41 Å². The van der Waals surface area contributed by atoms with Crippen molar-refractivity contribution >= 4 is 17.1 Å². The molecule has 12 rings (SSSR count). The van der Waals surface area contributed by atoms with E-state index in [4.69, 9.17) is 15.0 Å². The second-order valence-electron chi connectivity index (χ2n) is 16.0. The molecule has 0 saturated heterocycles. The molecular formula is C58H38N4. The first-order chi connectivity index (χ1) is 30.7. The summed E-state index contributed by atoms with van der Waals surface area (Å²) in [6.45, 7) is 0. The summed E-state index contributed by atoms with van der Waals surface area (Å²) in [6, 6.07) is 82.2. The second-order valence-corrected chi connectivity index (χ2v) is 16.0. The smallest absolute Gasteiger partial charge is 0.164 e. The highest BCUT2D eigenvalue weighted by atomic mass is 15.2. The van der Waals surface area contributed by atoms with Gasteiger partial charge in [0.25, 0.3) is 0 Å². The fourth-order valence-electron chi connectivity index (χ4n) is 9.81. The Bertz CT molecular complexity index is 3160. The summed E-state index contributed by atoms with van der Waals surface area (Å²) in [5.41, 5.74) is 17.6. The number of nitrogens with zero attached hydrogens (tertiary/aromatic N) is 4. The van der Waals surface area contributed by atoms with Crippen molar-refractivity contribution in [3.05, 3.63) is 253 Å². The minimum Gasteiger partial charge on any atom is -0.310 e. The average molecular weight is 791 g/mol. The molecule has 1 aliphatic heterocycles. The lowest BCUT2D eigenvalue weighted by Gasteiger charge is -2.45. The fourth-order valence-corrected chi connectivity index (χ4v) is 9.81. The Morgan fingerprint density at radius 1 is 0.274 bits per heavy atom. The monoisotopic (exact) mass is 790 g/mol. The molecule has 2 heterocycles. The maximum absolute atomic E-state index is 5.29. The van der Waals surface area contributed by atoms with Crippen LogP contribution in [0.15, 0.2) is 231 Å². The van der Waals surface area contributed by atoms with E-state index >= 15 is 0 Å². The van der Waals surface area contributed by atoms with Gasteiger partial charge in [0, 0.05) is 22.4 Å². The van der Waals surface area contributed by atoms with Crippen LogP contribution in [0, 0.1) is 0 Å². The van der Waals surface area contributed by atoms with E-state index in [1.807, 2.05) is 12.1 Å². The van der Waals surface area contributed by atoms with E-state index in [-0.39, 0.29) is 0 Å². The molecule has 1 aromatic heterocycles. The molecule has 2 aliphatic rings. The van der Waals surface area contributed by atoms with Gasteiger partial charge in [0.15, 0.2) is 17.5 Å². The Balaban J connectivity index is 1.06. The summed E-state index contributed by atoms with van der Waals surface area (Å²) >= 11 is 0. The van der Waals surface area contributed by atoms with E-state index in [0.29, 0.717) is 17.5 Å². The molecule has 0 saturated carbocycles. The Kier molecular flexibility index (Phi) is 8.36. The fraction of sp³-hybridized carbons (Fsp3) is 0.0172. The number of hydrogen-bond donors (Lipinski definition) is 0. The van der Waals surface area contributed by atoms with Crippen molar-refractivity contribution in [3.63, 3.8) is 0 Å². The predicted octanol–water partition coefficient (Wildman–Crippen LogP) is 14.4. The zero-order valence-electron chi connectivity index (χ0n) is 33.7. The lowest BCUT2D eigenvalue weighted by Crippen LogP contribution is -2.36. The normalized spacial score (nSPS) is 12.9. The van der Waals surface area contributed by atoms with Gasteiger partial charge in [0.2, 0.25) is 0 Å². The highest BCUT2D eigenvalue weighted by Crippen LogP contribution is 2.63. The molecule has 0 N–H and O–H groups in total. The van der Waals surface area contributed by atoms with E-state index in [9.17, 15) is 0 Å². The molecule has 4 nitrogen and oxygen atoms in total. The van der Waals surface area contributed by atoms with E-state index in [0.717, 1.165) is 44.6 Å². The van der Waals surface area contributed by atoms with E-state index in [1.54, 1.807) is 0 Å². The molecule has 290 valence electrons. The predicted molar refractivity (Wildman–Crippen MR) is 253 cm³/mol. The molecule has 1 aliphatic carbocycles. The van der Waals surface area contributed by atoms with Crippen LogP contribution in [0.25, 0.3) is 67.5 Å². The lowest BCUT2D eigenvalue weighted by molar-refractivity contribution is 0.752. The lowest BCUT2D eigenvalue weighted by atomic mass is 9.64. The molecule has 9 aromatic carbocycles. The summed E-state index contributed by atoms with van der Waals surface area (Å²) in [4.78, 5) is 18.2. The zero-order valence-corrected chi connectivity index (χ0v) is 33.7. The number of aromatic nitrogens is 3. The Morgan fingerprint density at radius 3 is 1.23 bits per heavy atom. The first-order valence-electron chi connectivity index (χ1n) is 21.1. The van der Waals surface area contributed by atoms with Crippen molar-refractivity contribution in [1.29, 1.82) is 0 Å². The molecule has 0 fully saturated rings. The molecular weight excluding hydrogens is 753 g/mol. The van der Waals surface area contributed by atoms with Gasteiger partial charge in [0.05, 0.1) is 16.8 Å². The van der Waals surface area contributed by atoms with Crippen LogP contribution in [-0.4, -0.2) is 15.0 Å². The topological polar surface area (TPSA) is 41.9 Å². The van der Waals surface area contributed by atoms with Crippen molar-refractivity contribution in [2.75, 3.05) is 4.90 Å². The van der Waals surface area contributed by atoms with Crippen LogP contribution in [0.5, 0.6) is 0 Å². The molecule has 0 radical (unpaired) electrons. The van der Waals surface area contributed by atoms with Crippen LogP contribution in [0.4, 0.5) is 17.1 Å². The number of benzene rings is 9. The summed E-state index contributed by atoms with van der Waals surface area (Å²) in [5.74, 6) is 1.88. The summed E-state index contributed by atoms with van der Waals surface area (Å²) in [5, 5.41) is 0. The van der Waals surface area contributed by atoms with Crippen LogP contribution in [-0.2, 0) is 5.41 Å². The van der Waals surface area contributed by atoms with Gasteiger partial charge in [0.1, 0.15) is 0 Å².